The number of carboxylic acid groups (broad SMARTS) is 3. The highest BCUT2D eigenvalue weighted by molar-refractivity contribution is 5.87. The number of ether oxygens (including phenoxy) is 1. The van der Waals surface area contributed by atoms with Crippen molar-refractivity contribution >= 4 is 52.4 Å². The summed E-state index contributed by atoms with van der Waals surface area (Å²) in [6.45, 7) is 4.09. The third-order valence-corrected chi connectivity index (χ3v) is 10.4. The Bertz CT molecular complexity index is 1830. The Hall–Kier alpha value is -5.19. The van der Waals surface area contributed by atoms with Crippen molar-refractivity contribution in [3.63, 3.8) is 0 Å². The molecular weight excluding hydrogens is 773 g/mol. The Morgan fingerprint density at radius 1 is 0.797 bits per heavy atom. The lowest BCUT2D eigenvalue weighted by Crippen LogP contribution is -2.49. The summed E-state index contributed by atoms with van der Waals surface area (Å²) in [5.41, 5.74) is 1.83. The largest absolute Gasteiger partial charge is 0.480 e. The highest BCUT2D eigenvalue weighted by Gasteiger charge is 2.26. The molecule has 5 N–H and O–H groups in total. The van der Waals surface area contributed by atoms with Gasteiger partial charge in [0.1, 0.15) is 11.9 Å². The summed E-state index contributed by atoms with van der Waals surface area (Å²) in [6.07, 6.45) is 7.56. The number of nitrogens with zero attached hydrogens (tertiary/aromatic N) is 11. The molecule has 0 bridgehead atoms. The molecule has 5 heterocycles. The van der Waals surface area contributed by atoms with Crippen LogP contribution in [0.5, 0.6) is 5.88 Å². The van der Waals surface area contributed by atoms with Gasteiger partial charge in [0, 0.05) is 79.0 Å². The van der Waals surface area contributed by atoms with Gasteiger partial charge in [0.15, 0.2) is 17.0 Å². The maximum absolute atomic E-state index is 14.0. The van der Waals surface area contributed by atoms with Crippen LogP contribution in [-0.2, 0) is 32.8 Å². The van der Waals surface area contributed by atoms with Crippen molar-refractivity contribution in [3.05, 3.63) is 12.5 Å². The predicted molar refractivity (Wildman–Crippen MR) is 215 cm³/mol. The van der Waals surface area contributed by atoms with Gasteiger partial charge >= 0.3 is 17.9 Å². The number of hydrogen-bond donors (Lipinski definition) is 5. The highest BCUT2D eigenvalue weighted by atomic mass is 19.1. The molecule has 59 heavy (non-hydrogen) atoms. The number of nitrogens with one attached hydrogen (secondary N) is 2. The molecule has 1 unspecified atom stereocenters. The van der Waals surface area contributed by atoms with Gasteiger partial charge < -0.3 is 40.2 Å². The molecule has 0 saturated carbocycles. The number of aromatic nitrogens is 6. The molecule has 1 atom stereocenters. The molecule has 326 valence electrons. The third-order valence-electron chi connectivity index (χ3n) is 10.4. The lowest BCUT2D eigenvalue weighted by Gasteiger charge is -2.32. The first-order valence-electron chi connectivity index (χ1n) is 20.1. The first-order chi connectivity index (χ1) is 28.4. The minimum absolute atomic E-state index is 0.0836. The Balaban J connectivity index is 1.05. The molecule has 2 fully saturated rings. The number of aliphatic carboxylic acids is 3. The van der Waals surface area contributed by atoms with Crippen LogP contribution >= 0.6 is 0 Å². The summed E-state index contributed by atoms with van der Waals surface area (Å²) in [5.74, 6) is -1.86. The number of methoxy groups -OCH3 is 1. The van der Waals surface area contributed by atoms with Crippen LogP contribution in [-0.4, -0.2) is 199 Å². The fraction of sp³-hybridized carbons (Fsp3) is 0.676. The molecule has 0 aliphatic carbocycles. The fourth-order valence-corrected chi connectivity index (χ4v) is 7.21. The van der Waals surface area contributed by atoms with Crippen molar-refractivity contribution in [3.8, 4) is 5.88 Å². The monoisotopic (exact) mass is 831 g/mol. The second-order valence-electron chi connectivity index (χ2n) is 15.1. The molecule has 0 spiro atoms. The molecule has 22 heteroatoms. The molecule has 5 rings (SSSR count). The lowest BCUT2D eigenvalue weighted by atomic mass is 10.1. The summed E-state index contributed by atoms with van der Waals surface area (Å²) in [4.78, 5) is 70.2. The molecule has 21 nitrogen and oxygen atoms in total. The third kappa shape index (κ3) is 14.3. The number of unbranched alkanes of at least 4 members (excludes halogenated alkanes) is 4. The van der Waals surface area contributed by atoms with Crippen molar-refractivity contribution in [2.45, 2.75) is 51.2 Å². The average molecular weight is 832 g/mol. The summed E-state index contributed by atoms with van der Waals surface area (Å²) >= 11 is 0. The Labute approximate surface area is 342 Å². The number of carbonyl (C=O) groups excluding carboxylic acids is 1. The second kappa shape index (κ2) is 22.3. The zero-order chi connectivity index (χ0) is 42.3. The molecule has 0 radical (unpaired) electrons. The summed E-state index contributed by atoms with van der Waals surface area (Å²) in [6, 6.07) is 0. The van der Waals surface area contributed by atoms with E-state index in [0.29, 0.717) is 113 Å². The van der Waals surface area contributed by atoms with Gasteiger partial charge in [-0.2, -0.15) is 9.97 Å². The maximum Gasteiger partial charge on any atom is 0.317 e. The van der Waals surface area contributed by atoms with E-state index in [9.17, 15) is 38.9 Å². The Morgan fingerprint density at radius 2 is 1.36 bits per heavy atom. The minimum atomic E-state index is -1.01. The summed E-state index contributed by atoms with van der Waals surface area (Å²) in [7, 11) is 3.40. The maximum atomic E-state index is 14.0. The van der Waals surface area contributed by atoms with Crippen LogP contribution in [0.4, 0.5) is 21.8 Å². The topological polar surface area (TPSA) is 240 Å². The molecule has 2 aliphatic heterocycles. The zero-order valence-corrected chi connectivity index (χ0v) is 34.0. The van der Waals surface area contributed by atoms with Gasteiger partial charge in [0.25, 0.3) is 5.88 Å². The highest BCUT2D eigenvalue weighted by Crippen LogP contribution is 2.31. The second-order valence-corrected chi connectivity index (χ2v) is 15.1. The molecule has 3 aromatic heterocycles. The number of carbonyl (C=O) groups is 4. The SMILES string of the molecule is COc1nn(CCCCCCCNC(=O)CN2CCN(CC(=O)O)CCN(CC(=O)O)CCN(CC(=O)O)CC2)cc1Nc1nc(N2CCC(F)C2)nc2c1ncn2C. The Morgan fingerprint density at radius 3 is 1.90 bits per heavy atom. The standard InChI is InChI=1S/C37H58FN13O8/c1-45-26-40-33-34(42-37(43-35(33)45)50-11-8-27(38)20-50)41-28-21-51(44-36(28)59-2)10-7-5-3-4-6-9-39-29(52)22-46-12-14-47(23-30(53)54)16-18-49(25-32(57)58)19-17-48(15-13-46)24-31(55)56/h21,26-27H,3-20,22-25H2,1-2H3,(H,39,52)(H,53,54)(H,55,56)(H,57,58)(H,41,42,43). The molecular formula is C37H58FN13O8. The van der Waals surface area contributed by atoms with E-state index in [-0.39, 0.29) is 38.6 Å². The zero-order valence-electron chi connectivity index (χ0n) is 34.0. The van der Waals surface area contributed by atoms with E-state index < -0.39 is 24.1 Å². The van der Waals surface area contributed by atoms with E-state index >= 15 is 0 Å². The van der Waals surface area contributed by atoms with E-state index in [4.69, 9.17) is 9.72 Å². The van der Waals surface area contributed by atoms with Gasteiger partial charge in [-0.1, -0.05) is 19.3 Å². The average Bonchev–Trinajstić information content (AvgIpc) is 3.91. The van der Waals surface area contributed by atoms with Crippen molar-refractivity contribution in [2.24, 2.45) is 7.05 Å². The Kier molecular flexibility index (Phi) is 16.9. The van der Waals surface area contributed by atoms with Crippen LogP contribution in [0.2, 0.25) is 0 Å². The van der Waals surface area contributed by atoms with E-state index in [1.54, 1.807) is 32.7 Å². The first kappa shape index (κ1) is 44.9. The smallest absolute Gasteiger partial charge is 0.317 e. The summed E-state index contributed by atoms with van der Waals surface area (Å²) in [5, 5.41) is 39.1. The number of halogens is 1. The lowest BCUT2D eigenvalue weighted by molar-refractivity contribution is -0.140. The van der Waals surface area contributed by atoms with E-state index in [1.807, 2.05) is 27.7 Å². The minimum Gasteiger partial charge on any atom is -0.480 e. The van der Waals surface area contributed by atoms with Gasteiger partial charge in [-0.15, -0.1) is 5.10 Å². The van der Waals surface area contributed by atoms with Crippen LogP contribution in [0.25, 0.3) is 11.2 Å². The number of imidazole rings is 1. The van der Waals surface area contributed by atoms with Crippen LogP contribution in [0, 0.1) is 0 Å². The van der Waals surface area contributed by atoms with E-state index in [0.717, 1.165) is 32.1 Å². The van der Waals surface area contributed by atoms with Gasteiger partial charge in [-0.05, 0) is 19.3 Å². The van der Waals surface area contributed by atoms with Crippen molar-refractivity contribution in [1.29, 1.82) is 0 Å². The van der Waals surface area contributed by atoms with Crippen LogP contribution < -0.4 is 20.3 Å². The molecule has 2 saturated heterocycles. The number of fused-ring (bicyclic) bond motifs is 1. The van der Waals surface area contributed by atoms with Gasteiger partial charge in [0.2, 0.25) is 11.9 Å². The number of anilines is 3. The predicted octanol–water partition coefficient (Wildman–Crippen LogP) is 0.402. The summed E-state index contributed by atoms with van der Waals surface area (Å²) < 4.78 is 23.2. The van der Waals surface area contributed by atoms with E-state index in [1.165, 1.54) is 0 Å². The van der Waals surface area contributed by atoms with Gasteiger partial charge in [0.05, 0.1) is 52.4 Å². The van der Waals surface area contributed by atoms with Gasteiger partial charge in [-0.3, -0.25) is 43.5 Å². The fourth-order valence-electron chi connectivity index (χ4n) is 7.21. The van der Waals surface area contributed by atoms with Crippen molar-refractivity contribution in [1.82, 2.24) is 54.2 Å². The van der Waals surface area contributed by atoms with Crippen LogP contribution in [0.1, 0.15) is 38.5 Å². The first-order valence-corrected chi connectivity index (χ1v) is 20.1. The normalized spacial score (nSPS) is 18.1. The molecule has 2 aliphatic rings. The molecule has 0 aromatic carbocycles. The number of rotatable bonds is 20. The molecule has 3 aromatic rings. The number of hydrogen-bond acceptors (Lipinski definition) is 15. The molecule has 1 amide bonds. The van der Waals surface area contributed by atoms with Crippen molar-refractivity contribution < 1.29 is 43.6 Å². The number of amides is 1. The van der Waals surface area contributed by atoms with Crippen LogP contribution in [0.15, 0.2) is 12.5 Å². The quantitative estimate of drug-likeness (QED) is 0.0969. The number of alkyl halides is 1. The number of aryl methyl sites for hydroxylation is 2. The van der Waals surface area contributed by atoms with Crippen molar-refractivity contribution in [2.75, 3.05) is 115 Å². The van der Waals surface area contributed by atoms with E-state index in [2.05, 4.69) is 25.7 Å². The number of carboxylic acids is 3. The van der Waals surface area contributed by atoms with Crippen LogP contribution in [0.3, 0.4) is 0 Å². The van der Waals surface area contributed by atoms with Gasteiger partial charge in [-0.25, -0.2) is 9.37 Å².